The van der Waals surface area contributed by atoms with Crippen molar-refractivity contribution in [3.63, 3.8) is 0 Å². The van der Waals surface area contributed by atoms with Crippen LogP contribution in [-0.4, -0.2) is 33.0 Å². The van der Waals surface area contributed by atoms with Crippen molar-refractivity contribution in [1.82, 2.24) is 15.3 Å². The van der Waals surface area contributed by atoms with Crippen LogP contribution in [-0.2, 0) is 16.6 Å². The van der Waals surface area contributed by atoms with Gasteiger partial charge in [-0.05, 0) is 40.2 Å². The fraction of sp³-hybridized carbons (Fsp3) is 0.290. The van der Waals surface area contributed by atoms with Gasteiger partial charge in [0.1, 0.15) is 6.04 Å². The number of aromatic nitrogens is 2. The second-order valence-corrected chi connectivity index (χ2v) is 11.8. The number of amides is 1. The van der Waals surface area contributed by atoms with Crippen LogP contribution in [0.1, 0.15) is 66.2 Å². The number of carbonyl (C=O) groups is 2. The van der Waals surface area contributed by atoms with Crippen molar-refractivity contribution in [1.29, 1.82) is 0 Å². The smallest absolute Gasteiger partial charge is 0.326 e. The second-order valence-electron chi connectivity index (χ2n) is 10.8. The lowest BCUT2D eigenvalue weighted by molar-refractivity contribution is -0.139. The molecular formula is C31H33N3O3S. The van der Waals surface area contributed by atoms with Gasteiger partial charge in [0.25, 0.3) is 5.91 Å². The van der Waals surface area contributed by atoms with Gasteiger partial charge in [-0.25, -0.2) is 14.8 Å². The molecule has 0 spiro atoms. The number of nitrogens with zero attached hydrogens (tertiary/aromatic N) is 2. The standard InChI is InChI=1S/C31H33N3O3S/c1-19(2)21-10-12-22(13-11-21)24-17-32-28(33-18-24)23-8-6-20(7-9-23)16-25(30(36)37)34-29(35)26-14-15-27(38-26)31(3,4)5/h6-15,17-19,25H,16H2,1-5H3,(H,34,35)(H,36,37). The highest BCUT2D eigenvalue weighted by Gasteiger charge is 2.24. The van der Waals surface area contributed by atoms with Crippen LogP contribution in [0, 0.1) is 0 Å². The van der Waals surface area contributed by atoms with Gasteiger partial charge in [-0.2, -0.15) is 0 Å². The van der Waals surface area contributed by atoms with E-state index in [0.717, 1.165) is 27.1 Å². The molecule has 0 bridgehead atoms. The Hall–Kier alpha value is -3.84. The number of carboxylic acids is 1. The summed E-state index contributed by atoms with van der Waals surface area (Å²) in [5.74, 6) is -0.373. The molecule has 0 radical (unpaired) electrons. The molecule has 2 N–H and O–H groups in total. The molecule has 6 nitrogen and oxygen atoms in total. The zero-order valence-corrected chi connectivity index (χ0v) is 23.2. The molecule has 4 rings (SSSR count). The van der Waals surface area contributed by atoms with Crippen LogP contribution in [0.3, 0.4) is 0 Å². The molecule has 1 atom stereocenters. The second kappa shape index (κ2) is 11.3. The van der Waals surface area contributed by atoms with E-state index in [-0.39, 0.29) is 17.7 Å². The number of aliphatic carboxylic acids is 1. The van der Waals surface area contributed by atoms with Crippen molar-refractivity contribution in [2.45, 2.75) is 58.4 Å². The monoisotopic (exact) mass is 527 g/mol. The Kier molecular flexibility index (Phi) is 8.07. The van der Waals surface area contributed by atoms with Crippen molar-refractivity contribution in [2.75, 3.05) is 0 Å². The van der Waals surface area contributed by atoms with Crippen molar-refractivity contribution in [3.8, 4) is 22.5 Å². The number of benzene rings is 2. The zero-order valence-electron chi connectivity index (χ0n) is 22.4. The van der Waals surface area contributed by atoms with E-state index in [1.165, 1.54) is 16.9 Å². The summed E-state index contributed by atoms with van der Waals surface area (Å²) in [6.07, 6.45) is 3.80. The average Bonchev–Trinajstić information content (AvgIpc) is 3.40. The third-order valence-corrected chi connectivity index (χ3v) is 7.90. The molecule has 2 aromatic carbocycles. The minimum absolute atomic E-state index is 0.0692. The first-order valence-electron chi connectivity index (χ1n) is 12.7. The summed E-state index contributed by atoms with van der Waals surface area (Å²) in [5, 5.41) is 12.4. The zero-order chi connectivity index (χ0) is 27.4. The number of carbonyl (C=O) groups excluding carboxylic acids is 1. The molecule has 0 aliphatic carbocycles. The number of hydrogen-bond donors (Lipinski definition) is 2. The first-order valence-corrected chi connectivity index (χ1v) is 13.5. The van der Waals surface area contributed by atoms with E-state index in [0.29, 0.717) is 16.6 Å². The van der Waals surface area contributed by atoms with Crippen LogP contribution in [0.2, 0.25) is 0 Å². The maximum absolute atomic E-state index is 12.7. The van der Waals surface area contributed by atoms with E-state index >= 15 is 0 Å². The molecule has 2 aromatic heterocycles. The molecule has 1 unspecified atom stereocenters. The molecule has 0 fully saturated rings. The highest BCUT2D eigenvalue weighted by Crippen LogP contribution is 2.29. The third kappa shape index (κ3) is 6.53. The van der Waals surface area contributed by atoms with Crippen LogP contribution >= 0.6 is 11.3 Å². The summed E-state index contributed by atoms with van der Waals surface area (Å²) in [7, 11) is 0. The molecule has 38 heavy (non-hydrogen) atoms. The lowest BCUT2D eigenvalue weighted by Crippen LogP contribution is -2.42. The molecule has 0 saturated heterocycles. The summed E-state index contributed by atoms with van der Waals surface area (Å²) in [6, 6.07) is 18.5. The Morgan fingerprint density at radius 1 is 0.868 bits per heavy atom. The highest BCUT2D eigenvalue weighted by molar-refractivity contribution is 7.14. The fourth-order valence-corrected chi connectivity index (χ4v) is 4.97. The maximum atomic E-state index is 12.7. The van der Waals surface area contributed by atoms with Gasteiger partial charge in [-0.3, -0.25) is 4.79 Å². The molecule has 4 aromatic rings. The number of rotatable bonds is 8. The first-order chi connectivity index (χ1) is 18.0. The summed E-state index contributed by atoms with van der Waals surface area (Å²) in [4.78, 5) is 35.3. The van der Waals surface area contributed by atoms with Crippen LogP contribution < -0.4 is 5.32 Å². The Labute approximate surface area is 227 Å². The fourth-order valence-electron chi connectivity index (χ4n) is 4.00. The van der Waals surface area contributed by atoms with E-state index in [4.69, 9.17) is 0 Å². The molecule has 1 amide bonds. The summed E-state index contributed by atoms with van der Waals surface area (Å²) in [5.41, 5.74) is 4.86. The number of thiophene rings is 1. The minimum Gasteiger partial charge on any atom is -0.480 e. The third-order valence-electron chi connectivity index (χ3n) is 6.39. The van der Waals surface area contributed by atoms with Gasteiger partial charge >= 0.3 is 5.97 Å². The van der Waals surface area contributed by atoms with Crippen LogP contribution in [0.25, 0.3) is 22.5 Å². The Morgan fingerprint density at radius 3 is 2.00 bits per heavy atom. The number of hydrogen-bond acceptors (Lipinski definition) is 5. The van der Waals surface area contributed by atoms with E-state index in [9.17, 15) is 14.7 Å². The molecule has 0 aliphatic heterocycles. The summed E-state index contributed by atoms with van der Waals surface area (Å²) in [6.45, 7) is 10.6. The molecule has 196 valence electrons. The normalized spacial score (nSPS) is 12.4. The van der Waals surface area contributed by atoms with E-state index in [2.05, 4.69) is 74.2 Å². The van der Waals surface area contributed by atoms with E-state index in [1.807, 2.05) is 42.7 Å². The quantitative estimate of drug-likeness (QED) is 0.265. The predicted octanol–water partition coefficient (Wildman–Crippen LogP) is 6.72. The maximum Gasteiger partial charge on any atom is 0.326 e. The average molecular weight is 528 g/mol. The van der Waals surface area contributed by atoms with Gasteiger partial charge in [-0.1, -0.05) is 83.1 Å². The SMILES string of the molecule is CC(C)c1ccc(-c2cnc(-c3ccc(CC(NC(=O)c4ccc(C(C)(C)C)s4)C(=O)O)cc3)nc2)cc1. The van der Waals surface area contributed by atoms with Gasteiger partial charge in [0.05, 0.1) is 4.88 Å². The van der Waals surface area contributed by atoms with Gasteiger partial charge in [0.15, 0.2) is 5.82 Å². The molecule has 7 heteroatoms. The minimum atomic E-state index is -1.07. The largest absolute Gasteiger partial charge is 0.480 e. The first kappa shape index (κ1) is 27.2. The van der Waals surface area contributed by atoms with Gasteiger partial charge in [0, 0.05) is 34.8 Å². The predicted molar refractivity (Wildman–Crippen MR) is 153 cm³/mol. The van der Waals surface area contributed by atoms with Gasteiger partial charge in [0.2, 0.25) is 0 Å². The Balaban J connectivity index is 1.42. The summed E-state index contributed by atoms with van der Waals surface area (Å²) >= 11 is 1.39. The van der Waals surface area contributed by atoms with Crippen molar-refractivity contribution in [2.24, 2.45) is 0 Å². The lowest BCUT2D eigenvalue weighted by atomic mass is 9.95. The van der Waals surface area contributed by atoms with Crippen LogP contribution in [0.4, 0.5) is 0 Å². The summed E-state index contributed by atoms with van der Waals surface area (Å²) < 4.78 is 0. The molecule has 0 aliphatic rings. The van der Waals surface area contributed by atoms with Crippen molar-refractivity contribution >= 4 is 23.2 Å². The van der Waals surface area contributed by atoms with Crippen LogP contribution in [0.15, 0.2) is 73.1 Å². The number of nitrogens with one attached hydrogen (secondary N) is 1. The van der Waals surface area contributed by atoms with Gasteiger partial charge < -0.3 is 10.4 Å². The van der Waals surface area contributed by atoms with Crippen LogP contribution in [0.5, 0.6) is 0 Å². The lowest BCUT2D eigenvalue weighted by Gasteiger charge is -2.16. The molecular weight excluding hydrogens is 494 g/mol. The highest BCUT2D eigenvalue weighted by atomic mass is 32.1. The molecule has 2 heterocycles. The van der Waals surface area contributed by atoms with E-state index < -0.39 is 12.0 Å². The topological polar surface area (TPSA) is 92.2 Å². The number of carboxylic acid groups (broad SMARTS) is 1. The van der Waals surface area contributed by atoms with Crippen molar-refractivity contribution in [3.05, 3.63) is 93.9 Å². The van der Waals surface area contributed by atoms with Crippen molar-refractivity contribution < 1.29 is 14.7 Å². The van der Waals surface area contributed by atoms with Gasteiger partial charge in [-0.15, -0.1) is 11.3 Å². The Morgan fingerprint density at radius 2 is 1.47 bits per heavy atom. The Bertz CT molecular complexity index is 1400. The van der Waals surface area contributed by atoms with E-state index in [1.54, 1.807) is 6.07 Å². The molecule has 0 saturated carbocycles.